The van der Waals surface area contributed by atoms with Gasteiger partial charge in [0.05, 0.1) is 5.97 Å². The van der Waals surface area contributed by atoms with Gasteiger partial charge in [-0.2, -0.15) is 0 Å². The van der Waals surface area contributed by atoms with E-state index in [4.69, 9.17) is 0 Å². The zero-order chi connectivity index (χ0) is 10.8. The minimum atomic E-state index is -1.17. The normalized spacial score (nSPS) is 9.36. The molecule has 0 aliphatic heterocycles. The molecule has 1 rings (SSSR count). The Hall–Kier alpha value is -0.987. The summed E-state index contributed by atoms with van der Waals surface area (Å²) in [5.74, 6) is -1.17. The predicted octanol–water partition coefficient (Wildman–Crippen LogP) is 0.544. The predicted molar refractivity (Wildman–Crippen MR) is 47.5 cm³/mol. The zero-order valence-corrected chi connectivity index (χ0v) is 10.9. The molecule has 1 aromatic rings. The number of rotatable bonds is 2. The number of carboxylic acid groups (broad SMARTS) is 1. The molecule has 0 aliphatic carbocycles. The van der Waals surface area contributed by atoms with Gasteiger partial charge < -0.3 is 9.90 Å². The van der Waals surface area contributed by atoms with Gasteiger partial charge in [-0.1, -0.05) is 36.4 Å². The second-order valence-corrected chi connectivity index (χ2v) is 3.56. The summed E-state index contributed by atoms with van der Waals surface area (Å²) in [5, 5.41) is 9.97. The van der Waals surface area contributed by atoms with Crippen LogP contribution in [0.3, 0.4) is 0 Å². The van der Waals surface area contributed by atoms with E-state index in [1.165, 1.54) is 6.08 Å². The molecule has 0 N–H and O–H groups in total. The largest absolute Gasteiger partial charge is 0.545 e. The molecule has 14 heavy (non-hydrogen) atoms. The Bertz CT molecular complexity index is 283. The Morgan fingerprint density at radius 2 is 1.93 bits per heavy atom. The maximum atomic E-state index is 9.97. The van der Waals surface area contributed by atoms with E-state index in [0.29, 0.717) is 0 Å². The molecule has 0 heterocycles. The average molecular weight is 244 g/mol. The average Bonchev–Trinajstić information content (AvgIpc) is 2.18. The van der Waals surface area contributed by atoms with Gasteiger partial charge in [-0.05, 0) is 11.6 Å². The molecule has 0 atom stereocenters. The van der Waals surface area contributed by atoms with Crippen LogP contribution in [0, 0.1) is 0 Å². The minimum Gasteiger partial charge on any atom is -0.545 e. The van der Waals surface area contributed by atoms with E-state index in [0.717, 1.165) is 30.3 Å². The van der Waals surface area contributed by atoms with Crippen molar-refractivity contribution in [2.24, 2.45) is 0 Å². The molecule has 0 amide bonds. The van der Waals surface area contributed by atoms with Crippen molar-refractivity contribution in [3.8, 4) is 0 Å². The van der Waals surface area contributed by atoms with Gasteiger partial charge in [0, 0.05) is 0 Å². The van der Waals surface area contributed by atoms with Crippen LogP contribution < -0.4 is 5.11 Å². The number of carbonyl (C=O) groups is 1. The van der Waals surface area contributed by atoms with Crippen molar-refractivity contribution in [2.45, 2.75) is 0 Å². The van der Waals surface area contributed by atoms with Crippen molar-refractivity contribution in [3.05, 3.63) is 42.0 Å². The summed E-state index contributed by atoms with van der Waals surface area (Å²) >= 11 is 0.944. The maximum Gasteiger partial charge on any atom is 0.0643 e. The molecule has 4 heteroatoms. The Kier molecular flexibility index (Phi) is 8.00. The fourth-order valence-corrected chi connectivity index (χ4v) is 0.728. The Labute approximate surface area is 93.5 Å². The van der Waals surface area contributed by atoms with Gasteiger partial charge in [0.2, 0.25) is 0 Å². The molecule has 3 nitrogen and oxygen atoms in total. The van der Waals surface area contributed by atoms with Crippen molar-refractivity contribution in [3.63, 3.8) is 0 Å². The summed E-state index contributed by atoms with van der Waals surface area (Å²) in [6, 6.07) is 9.19. The van der Waals surface area contributed by atoms with Crippen LogP contribution in [0.15, 0.2) is 36.4 Å². The first-order valence-electron chi connectivity index (χ1n) is 3.93. The van der Waals surface area contributed by atoms with Crippen LogP contribution >= 0.6 is 0 Å². The molecule has 1 aromatic carbocycles. The number of hydrogen-bond acceptors (Lipinski definition) is 3. The van der Waals surface area contributed by atoms with Crippen LogP contribution in [0.5, 0.6) is 0 Å². The summed E-state index contributed by atoms with van der Waals surface area (Å²) in [6.45, 7) is 0. The zero-order valence-electron chi connectivity index (χ0n) is 7.97. The summed E-state index contributed by atoms with van der Waals surface area (Å²) < 4.78 is 4.38. The quantitative estimate of drug-likeness (QED) is 0.563. The van der Waals surface area contributed by atoms with Crippen molar-refractivity contribution in [1.82, 2.24) is 0 Å². The first-order chi connectivity index (χ1) is 6.70. The summed E-state index contributed by atoms with van der Waals surface area (Å²) in [7, 11) is 1.68. The Morgan fingerprint density at radius 1 is 1.43 bits per heavy atom. The maximum absolute atomic E-state index is 9.97. The Balaban J connectivity index is 0.000000500. The van der Waals surface area contributed by atoms with Crippen molar-refractivity contribution < 1.29 is 32.1 Å². The molecule has 0 saturated heterocycles. The number of aliphatic carboxylic acids is 1. The fraction of sp³-hybridized carbons (Fsp3) is 0.100. The molecule has 0 unspecified atom stereocenters. The van der Waals surface area contributed by atoms with Gasteiger partial charge in [0.15, 0.2) is 0 Å². The number of carbonyl (C=O) groups excluding carboxylic acids is 1. The molecule has 0 radical (unpaired) electrons. The monoisotopic (exact) mass is 242 g/mol. The first-order valence-corrected chi connectivity index (χ1v) is 5.14. The third-order valence-corrected chi connectivity index (χ3v) is 1.21. The van der Waals surface area contributed by atoms with Crippen LogP contribution in [-0.4, -0.2) is 13.1 Å². The van der Waals surface area contributed by atoms with Crippen LogP contribution in [0.25, 0.3) is 6.08 Å². The van der Waals surface area contributed by atoms with Crippen molar-refractivity contribution in [2.75, 3.05) is 7.11 Å². The summed E-state index contributed by atoms with van der Waals surface area (Å²) in [5.41, 5.74) is 0.858. The van der Waals surface area contributed by atoms with E-state index in [2.05, 4.69) is 3.56 Å². The van der Waals surface area contributed by atoms with E-state index in [-0.39, 0.29) is 0 Å². The standard InChI is InChI=1S/C9H8O2.CH3O.Zn/c10-9(11)7-6-8-4-2-1-3-5-8;1-2;/h1-7H,(H,10,11);1H3;/q;-1;+2/p-1. The number of benzene rings is 1. The van der Waals surface area contributed by atoms with Crippen LogP contribution in [0.1, 0.15) is 5.56 Å². The molecular weight excluding hydrogens is 233 g/mol. The molecule has 0 saturated carbocycles. The molecule has 0 fully saturated rings. The topological polar surface area (TPSA) is 49.4 Å². The second kappa shape index (κ2) is 8.60. The molecule has 0 bridgehead atoms. The van der Waals surface area contributed by atoms with Crippen LogP contribution in [0.2, 0.25) is 0 Å². The smallest absolute Gasteiger partial charge is 0.0643 e. The number of hydrogen-bond donors (Lipinski definition) is 0. The third kappa shape index (κ3) is 7.65. The molecule has 70 valence electrons. The van der Waals surface area contributed by atoms with Gasteiger partial charge in [-0.3, -0.25) is 0 Å². The minimum absolute atomic E-state index is 0.858. The molecular formula is C10H10O3Zn. The molecule has 0 spiro atoms. The van der Waals surface area contributed by atoms with Crippen molar-refractivity contribution in [1.29, 1.82) is 0 Å². The van der Waals surface area contributed by atoms with Gasteiger partial charge in [-0.15, -0.1) is 0 Å². The first kappa shape index (κ1) is 13.0. The molecule has 0 aliphatic rings. The van der Waals surface area contributed by atoms with Crippen molar-refractivity contribution >= 4 is 12.0 Å². The Morgan fingerprint density at radius 3 is 2.36 bits per heavy atom. The van der Waals surface area contributed by atoms with Gasteiger partial charge in [0.25, 0.3) is 0 Å². The third-order valence-electron chi connectivity index (χ3n) is 1.21. The van der Waals surface area contributed by atoms with E-state index in [1.807, 2.05) is 30.3 Å². The number of carboxylic acids is 1. The van der Waals surface area contributed by atoms with Crippen LogP contribution in [0.4, 0.5) is 0 Å². The van der Waals surface area contributed by atoms with Gasteiger partial charge in [-0.25, -0.2) is 0 Å². The van der Waals surface area contributed by atoms with E-state index in [1.54, 1.807) is 7.11 Å². The second-order valence-electron chi connectivity index (χ2n) is 2.35. The fourth-order valence-electron chi connectivity index (χ4n) is 0.728. The van der Waals surface area contributed by atoms with E-state index >= 15 is 0 Å². The SMILES string of the molecule is C[O][Zn+].O=C([O-])C=Cc1ccccc1. The van der Waals surface area contributed by atoms with Gasteiger partial charge in [0.1, 0.15) is 0 Å². The van der Waals surface area contributed by atoms with Crippen LogP contribution in [-0.2, 0) is 27.0 Å². The van der Waals surface area contributed by atoms with E-state index in [9.17, 15) is 9.90 Å². The summed E-state index contributed by atoms with van der Waals surface area (Å²) in [4.78, 5) is 9.97. The summed E-state index contributed by atoms with van der Waals surface area (Å²) in [6.07, 6.45) is 2.50. The molecule has 0 aromatic heterocycles. The van der Waals surface area contributed by atoms with E-state index < -0.39 is 5.97 Å². The van der Waals surface area contributed by atoms with Gasteiger partial charge >= 0.3 is 29.3 Å².